The van der Waals surface area contributed by atoms with Crippen LogP contribution in [0, 0.1) is 0 Å². The molecule has 2 amide bonds. The van der Waals surface area contributed by atoms with Crippen molar-refractivity contribution < 1.29 is 19.1 Å². The van der Waals surface area contributed by atoms with E-state index in [0.29, 0.717) is 18.0 Å². The molecule has 2 rings (SSSR count). The molecular weight excluding hydrogens is 412 g/mol. The minimum absolute atomic E-state index is 0.134. The SMILES string of the molecule is CCCCOC(=O)c1cc(NC(=O)CSc2ccccc2NC(C)=O)ccc1Cl. The Morgan fingerprint density at radius 3 is 2.59 bits per heavy atom. The summed E-state index contributed by atoms with van der Waals surface area (Å²) in [6.07, 6.45) is 1.69. The highest BCUT2D eigenvalue weighted by molar-refractivity contribution is 8.00. The molecule has 2 aromatic rings. The van der Waals surface area contributed by atoms with E-state index >= 15 is 0 Å². The van der Waals surface area contributed by atoms with Crippen molar-refractivity contribution in [3.63, 3.8) is 0 Å². The summed E-state index contributed by atoms with van der Waals surface area (Å²) in [6.45, 7) is 3.76. The van der Waals surface area contributed by atoms with Crippen molar-refractivity contribution in [1.82, 2.24) is 0 Å². The highest BCUT2D eigenvalue weighted by Crippen LogP contribution is 2.27. The van der Waals surface area contributed by atoms with Crippen LogP contribution in [0.2, 0.25) is 5.02 Å². The number of nitrogens with one attached hydrogen (secondary N) is 2. The minimum Gasteiger partial charge on any atom is -0.462 e. The number of esters is 1. The van der Waals surface area contributed by atoms with Crippen molar-refractivity contribution in [2.75, 3.05) is 23.0 Å². The van der Waals surface area contributed by atoms with E-state index in [2.05, 4.69) is 10.6 Å². The van der Waals surface area contributed by atoms with Crippen LogP contribution in [0.15, 0.2) is 47.4 Å². The lowest BCUT2D eigenvalue weighted by atomic mass is 10.2. The number of hydrogen-bond donors (Lipinski definition) is 2. The lowest BCUT2D eigenvalue weighted by Gasteiger charge is -2.11. The van der Waals surface area contributed by atoms with E-state index in [1.807, 2.05) is 25.1 Å². The van der Waals surface area contributed by atoms with Gasteiger partial charge in [-0.15, -0.1) is 11.8 Å². The molecular formula is C21H23ClN2O4S. The lowest BCUT2D eigenvalue weighted by Crippen LogP contribution is -2.15. The molecule has 0 bridgehead atoms. The molecule has 8 heteroatoms. The Morgan fingerprint density at radius 2 is 1.86 bits per heavy atom. The fourth-order valence-electron chi connectivity index (χ4n) is 2.37. The zero-order valence-corrected chi connectivity index (χ0v) is 17.9. The third kappa shape index (κ3) is 7.44. The summed E-state index contributed by atoms with van der Waals surface area (Å²) in [4.78, 5) is 36.6. The van der Waals surface area contributed by atoms with Gasteiger partial charge in [-0.25, -0.2) is 4.79 Å². The van der Waals surface area contributed by atoms with Crippen LogP contribution < -0.4 is 10.6 Å². The van der Waals surface area contributed by atoms with Gasteiger partial charge in [0.25, 0.3) is 0 Å². The van der Waals surface area contributed by atoms with E-state index < -0.39 is 5.97 Å². The Labute approximate surface area is 179 Å². The predicted octanol–water partition coefficient (Wildman–Crippen LogP) is 4.99. The van der Waals surface area contributed by atoms with Gasteiger partial charge in [-0.1, -0.05) is 37.1 Å². The highest BCUT2D eigenvalue weighted by atomic mass is 35.5. The summed E-state index contributed by atoms with van der Waals surface area (Å²) in [7, 11) is 0. The number of amides is 2. The van der Waals surface area contributed by atoms with Crippen LogP contribution in [0.5, 0.6) is 0 Å². The van der Waals surface area contributed by atoms with Crippen molar-refractivity contribution in [2.45, 2.75) is 31.6 Å². The second kappa shape index (κ2) is 11.5. The summed E-state index contributed by atoms with van der Waals surface area (Å²) in [5.41, 5.74) is 1.32. The molecule has 154 valence electrons. The fraction of sp³-hybridized carbons (Fsp3) is 0.286. The van der Waals surface area contributed by atoms with Crippen LogP contribution in [0.1, 0.15) is 37.0 Å². The molecule has 0 aromatic heterocycles. The summed E-state index contributed by atoms with van der Waals surface area (Å²) in [6, 6.07) is 11.9. The van der Waals surface area contributed by atoms with Crippen LogP contribution in [0.3, 0.4) is 0 Å². The molecule has 6 nitrogen and oxygen atoms in total. The molecule has 0 saturated carbocycles. The van der Waals surface area contributed by atoms with Crippen molar-refractivity contribution in [1.29, 1.82) is 0 Å². The zero-order valence-electron chi connectivity index (χ0n) is 16.3. The van der Waals surface area contributed by atoms with Gasteiger partial charge in [-0.2, -0.15) is 0 Å². The molecule has 0 spiro atoms. The van der Waals surface area contributed by atoms with E-state index in [1.165, 1.54) is 24.8 Å². The van der Waals surface area contributed by atoms with Crippen LogP contribution in [0.25, 0.3) is 0 Å². The number of benzene rings is 2. The van der Waals surface area contributed by atoms with Gasteiger partial charge in [0.1, 0.15) is 0 Å². The third-order valence-corrected chi connectivity index (χ3v) is 5.16. The number of ether oxygens (including phenoxy) is 1. The number of anilines is 2. The number of carbonyl (C=O) groups is 3. The first-order chi connectivity index (χ1) is 13.9. The first-order valence-electron chi connectivity index (χ1n) is 9.16. The van der Waals surface area contributed by atoms with E-state index in [1.54, 1.807) is 18.2 Å². The molecule has 0 aliphatic rings. The summed E-state index contributed by atoms with van der Waals surface area (Å²) in [5.74, 6) is -0.810. The maximum absolute atomic E-state index is 12.3. The maximum Gasteiger partial charge on any atom is 0.339 e. The number of para-hydroxylation sites is 1. The van der Waals surface area contributed by atoms with E-state index in [9.17, 15) is 14.4 Å². The van der Waals surface area contributed by atoms with E-state index in [4.69, 9.17) is 16.3 Å². The highest BCUT2D eigenvalue weighted by Gasteiger charge is 2.14. The molecule has 0 aliphatic carbocycles. The Bertz CT molecular complexity index is 889. The number of halogens is 1. The monoisotopic (exact) mass is 434 g/mol. The average Bonchev–Trinajstić information content (AvgIpc) is 2.68. The summed E-state index contributed by atoms with van der Waals surface area (Å²) < 4.78 is 5.18. The molecule has 2 aromatic carbocycles. The van der Waals surface area contributed by atoms with Gasteiger partial charge in [0.05, 0.1) is 28.6 Å². The molecule has 0 atom stereocenters. The van der Waals surface area contributed by atoms with Crippen molar-refractivity contribution >= 4 is 52.5 Å². The summed E-state index contributed by atoms with van der Waals surface area (Å²) >= 11 is 7.39. The summed E-state index contributed by atoms with van der Waals surface area (Å²) in [5, 5.41) is 5.75. The average molecular weight is 435 g/mol. The van der Waals surface area contributed by atoms with Crippen molar-refractivity contribution in [3.05, 3.63) is 53.1 Å². The Morgan fingerprint density at radius 1 is 1.10 bits per heavy atom. The largest absolute Gasteiger partial charge is 0.462 e. The molecule has 29 heavy (non-hydrogen) atoms. The smallest absolute Gasteiger partial charge is 0.339 e. The van der Waals surface area contributed by atoms with Crippen LogP contribution in [-0.4, -0.2) is 30.1 Å². The number of hydrogen-bond acceptors (Lipinski definition) is 5. The normalized spacial score (nSPS) is 10.3. The van der Waals surface area contributed by atoms with Crippen LogP contribution in [0.4, 0.5) is 11.4 Å². The quantitative estimate of drug-likeness (QED) is 0.330. The number of unbranched alkanes of at least 4 members (excludes halogenated alkanes) is 1. The fourth-order valence-corrected chi connectivity index (χ4v) is 3.38. The second-order valence-corrected chi connectivity index (χ2v) is 7.62. The van der Waals surface area contributed by atoms with Crippen molar-refractivity contribution in [2.24, 2.45) is 0 Å². The Balaban J connectivity index is 1.98. The zero-order chi connectivity index (χ0) is 21.2. The van der Waals surface area contributed by atoms with Gasteiger partial charge in [0, 0.05) is 17.5 Å². The van der Waals surface area contributed by atoms with Gasteiger partial charge < -0.3 is 15.4 Å². The molecule has 2 N–H and O–H groups in total. The minimum atomic E-state index is -0.516. The van der Waals surface area contributed by atoms with Crippen LogP contribution >= 0.6 is 23.4 Å². The first-order valence-corrected chi connectivity index (χ1v) is 10.5. The number of rotatable bonds is 9. The Hall–Kier alpha value is -2.51. The van der Waals surface area contributed by atoms with E-state index in [0.717, 1.165) is 17.7 Å². The molecule has 0 saturated heterocycles. The maximum atomic E-state index is 12.3. The lowest BCUT2D eigenvalue weighted by molar-refractivity contribution is -0.114. The van der Waals surface area contributed by atoms with E-state index in [-0.39, 0.29) is 28.2 Å². The van der Waals surface area contributed by atoms with Gasteiger partial charge in [0.2, 0.25) is 11.8 Å². The standard InChI is InChI=1S/C21H23ClN2O4S/c1-3-4-11-28-21(27)16-12-15(9-10-17(16)22)24-20(26)13-29-19-8-6-5-7-18(19)23-14(2)25/h5-10,12H,3-4,11,13H2,1-2H3,(H,23,25)(H,24,26). The van der Waals surface area contributed by atoms with Gasteiger partial charge in [0.15, 0.2) is 0 Å². The molecule has 0 unspecified atom stereocenters. The Kier molecular flexibility index (Phi) is 9.02. The van der Waals surface area contributed by atoms with Gasteiger partial charge in [-0.3, -0.25) is 9.59 Å². The molecule has 0 aliphatic heterocycles. The molecule has 0 radical (unpaired) electrons. The first kappa shape index (κ1) is 22.8. The topological polar surface area (TPSA) is 84.5 Å². The van der Waals surface area contributed by atoms with Gasteiger partial charge in [-0.05, 0) is 36.8 Å². The number of thioether (sulfide) groups is 1. The number of carbonyl (C=O) groups excluding carboxylic acids is 3. The van der Waals surface area contributed by atoms with Crippen molar-refractivity contribution in [3.8, 4) is 0 Å². The second-order valence-electron chi connectivity index (χ2n) is 6.20. The third-order valence-electron chi connectivity index (χ3n) is 3.76. The molecule has 0 heterocycles. The molecule has 0 fully saturated rings. The van der Waals surface area contributed by atoms with Crippen LogP contribution in [-0.2, 0) is 14.3 Å². The predicted molar refractivity (Wildman–Crippen MR) is 117 cm³/mol. The van der Waals surface area contributed by atoms with Gasteiger partial charge >= 0.3 is 5.97 Å².